The number of nitrogens with zero attached hydrogens (tertiary/aromatic N) is 4. The van der Waals surface area contributed by atoms with Crippen molar-refractivity contribution in [3.8, 4) is 0 Å². The van der Waals surface area contributed by atoms with Crippen LogP contribution in [0, 0.1) is 15.9 Å². The number of nitro benzene ring substituents is 1. The number of hydrogen-bond acceptors (Lipinski definition) is 5. The molecule has 9 heteroatoms. The van der Waals surface area contributed by atoms with E-state index >= 15 is 0 Å². The molecule has 2 fully saturated rings. The molecule has 28 heavy (non-hydrogen) atoms. The van der Waals surface area contributed by atoms with E-state index in [1.54, 1.807) is 11.0 Å². The van der Waals surface area contributed by atoms with Crippen molar-refractivity contribution in [2.45, 2.75) is 19.8 Å². The molecule has 1 aromatic carbocycles. The summed E-state index contributed by atoms with van der Waals surface area (Å²) in [6.45, 7) is 7.30. The van der Waals surface area contributed by atoms with Gasteiger partial charge in [0.25, 0.3) is 5.69 Å². The lowest BCUT2D eigenvalue weighted by molar-refractivity contribution is -0.880. The molecular formula is C19H29FN5O3+. The number of amides is 1. The summed E-state index contributed by atoms with van der Waals surface area (Å²) in [5, 5.41) is 11.5. The van der Waals surface area contributed by atoms with E-state index in [0.29, 0.717) is 44.0 Å². The quantitative estimate of drug-likeness (QED) is 0.582. The van der Waals surface area contributed by atoms with Gasteiger partial charge in [-0.25, -0.2) is 4.39 Å². The predicted molar refractivity (Wildman–Crippen MR) is 106 cm³/mol. The van der Waals surface area contributed by atoms with Crippen molar-refractivity contribution in [3.05, 3.63) is 28.1 Å². The number of halogens is 1. The first kappa shape index (κ1) is 20.3. The van der Waals surface area contributed by atoms with Gasteiger partial charge in [-0.3, -0.25) is 14.9 Å². The van der Waals surface area contributed by atoms with Gasteiger partial charge < -0.3 is 19.6 Å². The SMILES string of the molecule is CCCC(=O)N1CCN(c2cc(N3CC[NH+](C)CC3)c(F)cc2[N+](=O)[O-])CC1. The van der Waals surface area contributed by atoms with Crippen LogP contribution in [-0.4, -0.2) is 75.1 Å². The van der Waals surface area contributed by atoms with Gasteiger partial charge in [-0.2, -0.15) is 0 Å². The monoisotopic (exact) mass is 394 g/mol. The van der Waals surface area contributed by atoms with Crippen molar-refractivity contribution < 1.29 is 19.0 Å². The minimum atomic E-state index is -0.549. The fourth-order valence-electron chi connectivity index (χ4n) is 3.88. The minimum Gasteiger partial charge on any atom is -0.362 e. The number of piperazine rings is 2. The first-order valence-corrected chi connectivity index (χ1v) is 9.97. The van der Waals surface area contributed by atoms with Crippen LogP contribution in [0.25, 0.3) is 0 Å². The number of nitro groups is 1. The van der Waals surface area contributed by atoms with Gasteiger partial charge >= 0.3 is 0 Å². The minimum absolute atomic E-state index is 0.122. The zero-order valence-electron chi connectivity index (χ0n) is 16.6. The Hall–Kier alpha value is -2.42. The number of anilines is 2. The van der Waals surface area contributed by atoms with Gasteiger partial charge in [0, 0.05) is 32.6 Å². The number of hydrogen-bond donors (Lipinski definition) is 1. The summed E-state index contributed by atoms with van der Waals surface area (Å²) < 4.78 is 14.7. The highest BCUT2D eigenvalue weighted by atomic mass is 19.1. The van der Waals surface area contributed by atoms with Crippen LogP contribution >= 0.6 is 0 Å². The van der Waals surface area contributed by atoms with Crippen LogP contribution < -0.4 is 14.7 Å². The average molecular weight is 394 g/mol. The standard InChI is InChI=1S/C19H28FN5O3/c1-3-4-19(26)24-11-9-23(10-12-24)17-14-16(15(20)13-18(17)25(27)28)22-7-5-21(2)6-8-22/h13-14H,3-12H2,1-2H3/p+1. The smallest absolute Gasteiger partial charge is 0.295 e. The van der Waals surface area contributed by atoms with Crippen LogP contribution in [0.1, 0.15) is 19.8 Å². The lowest BCUT2D eigenvalue weighted by Crippen LogP contribution is -3.12. The molecule has 3 rings (SSSR count). The molecule has 0 radical (unpaired) electrons. The number of quaternary nitrogens is 1. The lowest BCUT2D eigenvalue weighted by Gasteiger charge is -2.37. The van der Waals surface area contributed by atoms with Crippen molar-refractivity contribution in [1.29, 1.82) is 0 Å². The number of carbonyl (C=O) groups excluding carboxylic acids is 1. The second-order valence-corrected chi connectivity index (χ2v) is 7.61. The number of benzene rings is 1. The summed E-state index contributed by atoms with van der Waals surface area (Å²) in [7, 11) is 2.11. The molecule has 0 atom stereocenters. The van der Waals surface area contributed by atoms with Gasteiger partial charge in [0.1, 0.15) is 5.69 Å². The number of likely N-dealkylation sites (N-methyl/N-ethyl adjacent to an activating group) is 1. The van der Waals surface area contributed by atoms with Crippen LogP contribution in [0.3, 0.4) is 0 Å². The third-order valence-electron chi connectivity index (χ3n) is 5.64. The molecule has 2 aliphatic rings. The van der Waals surface area contributed by atoms with Crippen LogP contribution in [-0.2, 0) is 4.79 Å². The Morgan fingerprint density at radius 1 is 1.11 bits per heavy atom. The van der Waals surface area contributed by atoms with E-state index in [9.17, 15) is 19.3 Å². The molecule has 2 aliphatic heterocycles. The second-order valence-electron chi connectivity index (χ2n) is 7.61. The predicted octanol–water partition coefficient (Wildman–Crippen LogP) is 0.517. The maximum absolute atomic E-state index is 14.7. The van der Waals surface area contributed by atoms with Gasteiger partial charge in [-0.15, -0.1) is 0 Å². The van der Waals surface area contributed by atoms with Crippen molar-refractivity contribution in [3.63, 3.8) is 0 Å². The number of carbonyl (C=O) groups is 1. The second kappa shape index (κ2) is 8.72. The summed E-state index contributed by atoms with van der Waals surface area (Å²) in [6, 6.07) is 2.67. The Labute approximate surface area is 164 Å². The third kappa shape index (κ3) is 4.35. The molecule has 8 nitrogen and oxygen atoms in total. The van der Waals surface area contributed by atoms with Gasteiger partial charge in [0.2, 0.25) is 5.91 Å². The summed E-state index contributed by atoms with van der Waals surface area (Å²) in [5.41, 5.74) is 0.655. The summed E-state index contributed by atoms with van der Waals surface area (Å²) >= 11 is 0. The van der Waals surface area contributed by atoms with E-state index in [-0.39, 0.29) is 11.6 Å². The molecule has 0 saturated carbocycles. The first-order chi connectivity index (χ1) is 13.4. The van der Waals surface area contributed by atoms with E-state index in [4.69, 9.17) is 0 Å². The maximum atomic E-state index is 14.7. The van der Waals surface area contributed by atoms with Crippen molar-refractivity contribution in [2.24, 2.45) is 0 Å². The zero-order valence-corrected chi connectivity index (χ0v) is 16.6. The zero-order chi connectivity index (χ0) is 20.3. The molecule has 1 N–H and O–H groups in total. The highest BCUT2D eigenvalue weighted by molar-refractivity contribution is 5.77. The highest BCUT2D eigenvalue weighted by Crippen LogP contribution is 2.35. The molecule has 2 heterocycles. The molecule has 0 aliphatic carbocycles. The van der Waals surface area contributed by atoms with Gasteiger partial charge in [-0.05, 0) is 12.5 Å². The van der Waals surface area contributed by atoms with Crippen LogP contribution in [0.15, 0.2) is 12.1 Å². The molecule has 0 unspecified atom stereocenters. The molecule has 0 aromatic heterocycles. The van der Waals surface area contributed by atoms with Gasteiger partial charge in [0.15, 0.2) is 5.82 Å². The third-order valence-corrected chi connectivity index (χ3v) is 5.64. The number of rotatable bonds is 5. The normalized spacial score (nSPS) is 18.5. The van der Waals surface area contributed by atoms with Crippen LogP contribution in [0.2, 0.25) is 0 Å². The largest absolute Gasteiger partial charge is 0.362 e. The lowest BCUT2D eigenvalue weighted by atomic mass is 10.1. The molecule has 154 valence electrons. The molecule has 0 bridgehead atoms. The molecule has 0 spiro atoms. The van der Waals surface area contributed by atoms with Crippen molar-refractivity contribution in [2.75, 3.05) is 69.2 Å². The van der Waals surface area contributed by atoms with E-state index in [0.717, 1.165) is 38.7 Å². The molecule has 1 amide bonds. The number of nitrogens with one attached hydrogen (secondary N) is 1. The Morgan fingerprint density at radius 2 is 1.71 bits per heavy atom. The average Bonchev–Trinajstić information content (AvgIpc) is 2.69. The van der Waals surface area contributed by atoms with Gasteiger partial charge in [0.05, 0.1) is 49.9 Å². The Balaban J connectivity index is 1.82. The summed E-state index contributed by atoms with van der Waals surface area (Å²) in [5.74, 6) is -0.428. The van der Waals surface area contributed by atoms with Crippen molar-refractivity contribution in [1.82, 2.24) is 4.90 Å². The molecular weight excluding hydrogens is 365 g/mol. The van der Waals surface area contributed by atoms with E-state index in [2.05, 4.69) is 7.05 Å². The van der Waals surface area contributed by atoms with Gasteiger partial charge in [-0.1, -0.05) is 6.92 Å². The summed E-state index contributed by atoms with van der Waals surface area (Å²) in [4.78, 5) is 30.2. The van der Waals surface area contributed by atoms with E-state index < -0.39 is 10.7 Å². The van der Waals surface area contributed by atoms with Crippen molar-refractivity contribution >= 4 is 23.0 Å². The molecule has 1 aromatic rings. The Morgan fingerprint density at radius 3 is 2.29 bits per heavy atom. The van der Waals surface area contributed by atoms with Crippen LogP contribution in [0.5, 0.6) is 0 Å². The Bertz CT molecular complexity index is 729. The topological polar surface area (TPSA) is 74.4 Å². The maximum Gasteiger partial charge on any atom is 0.295 e. The Kier molecular flexibility index (Phi) is 6.33. The summed E-state index contributed by atoms with van der Waals surface area (Å²) in [6.07, 6.45) is 1.32. The molecule has 2 saturated heterocycles. The van der Waals surface area contributed by atoms with E-state index in [1.165, 1.54) is 4.90 Å². The van der Waals surface area contributed by atoms with E-state index in [1.807, 2.05) is 16.7 Å². The van der Waals surface area contributed by atoms with Crippen LogP contribution in [0.4, 0.5) is 21.5 Å². The fourth-order valence-corrected chi connectivity index (χ4v) is 3.88. The fraction of sp³-hybridized carbons (Fsp3) is 0.632. The first-order valence-electron chi connectivity index (χ1n) is 9.97. The highest BCUT2D eigenvalue weighted by Gasteiger charge is 2.29.